The monoisotopic (exact) mass is 327 g/mol. The average molecular weight is 327 g/mol. The maximum Gasteiger partial charge on any atom is 1.00 e. The number of aryl methyl sites for hydroxylation is 1. The average Bonchev–Trinajstić information content (AvgIpc) is 3.19. The molecule has 10 heteroatoms. The predicted octanol–water partition coefficient (Wildman–Crippen LogP) is -5.52. The molecule has 0 aromatic carbocycles. The van der Waals surface area contributed by atoms with Gasteiger partial charge in [0.2, 0.25) is 11.6 Å². The van der Waals surface area contributed by atoms with Gasteiger partial charge in [0.25, 0.3) is 5.56 Å². The number of carbonyl (C=O) groups is 2. The molecule has 2 atom stereocenters. The Morgan fingerprint density at radius 1 is 1.35 bits per heavy atom. The second-order valence-electron chi connectivity index (χ2n) is 5.33. The fourth-order valence-corrected chi connectivity index (χ4v) is 2.36. The van der Waals surface area contributed by atoms with Crippen molar-refractivity contribution in [1.29, 1.82) is 0 Å². The zero-order valence-electron chi connectivity index (χ0n) is 12.9. The largest absolute Gasteiger partial charge is 1.00 e. The van der Waals surface area contributed by atoms with E-state index >= 15 is 0 Å². The summed E-state index contributed by atoms with van der Waals surface area (Å²) >= 11 is 0. The molecule has 1 amide bonds. The molecular weight excluding hydrogens is 313 g/mol. The molecule has 0 radical (unpaired) electrons. The molecule has 116 valence electrons. The number of fused-ring (bicyclic) bond motifs is 1. The van der Waals surface area contributed by atoms with Gasteiger partial charge in [0.15, 0.2) is 0 Å². The summed E-state index contributed by atoms with van der Waals surface area (Å²) in [5.74, 6) is -2.08. The molecule has 3 rings (SSSR count). The number of carbonyl (C=O) groups excluding carboxylic acids is 2. The van der Waals surface area contributed by atoms with Crippen molar-refractivity contribution in [3.63, 3.8) is 0 Å². The van der Waals surface area contributed by atoms with Crippen molar-refractivity contribution in [2.75, 3.05) is 6.54 Å². The Hall–Kier alpha value is -1.71. The Balaban J connectivity index is 0.00000192. The van der Waals surface area contributed by atoms with E-state index in [9.17, 15) is 19.5 Å². The first kappa shape index (κ1) is 17.6. The van der Waals surface area contributed by atoms with E-state index in [1.165, 1.54) is 4.57 Å². The van der Waals surface area contributed by atoms with E-state index in [-0.39, 0.29) is 46.7 Å². The molecule has 1 saturated carbocycles. The van der Waals surface area contributed by atoms with Crippen LogP contribution in [-0.2, 0) is 23.1 Å². The van der Waals surface area contributed by atoms with E-state index in [2.05, 4.69) is 15.5 Å². The van der Waals surface area contributed by atoms with E-state index in [0.717, 1.165) is 0 Å². The second-order valence-corrected chi connectivity index (χ2v) is 5.33. The van der Waals surface area contributed by atoms with Crippen molar-refractivity contribution < 1.29 is 44.3 Å². The molecule has 9 nitrogen and oxygen atoms in total. The van der Waals surface area contributed by atoms with Gasteiger partial charge >= 0.3 is 29.6 Å². The fourth-order valence-electron chi connectivity index (χ4n) is 2.36. The van der Waals surface area contributed by atoms with Gasteiger partial charge in [-0.1, -0.05) is 0 Å². The van der Waals surface area contributed by atoms with Crippen LogP contribution in [0.4, 0.5) is 0 Å². The van der Waals surface area contributed by atoms with Crippen LogP contribution in [0.5, 0.6) is 0 Å². The molecular formula is C13H14N5NaO4. The summed E-state index contributed by atoms with van der Waals surface area (Å²) in [7, 11) is 1.63. The molecule has 0 spiro atoms. The number of aromatic nitrogens is 4. The molecule has 2 aromatic heterocycles. The van der Waals surface area contributed by atoms with Crippen LogP contribution >= 0.6 is 0 Å². The van der Waals surface area contributed by atoms with Gasteiger partial charge < -0.3 is 19.8 Å². The quantitative estimate of drug-likeness (QED) is 0.547. The third-order valence-electron chi connectivity index (χ3n) is 3.80. The molecule has 0 bridgehead atoms. The molecule has 1 fully saturated rings. The summed E-state index contributed by atoms with van der Waals surface area (Å²) in [6, 6.07) is 0. The molecule has 0 aliphatic heterocycles. The molecule has 1 aliphatic carbocycles. The van der Waals surface area contributed by atoms with Crippen LogP contribution in [0.2, 0.25) is 0 Å². The van der Waals surface area contributed by atoms with E-state index in [4.69, 9.17) is 0 Å². The topological polar surface area (TPSA) is 121 Å². The Bertz CT molecular complexity index is 814. The van der Waals surface area contributed by atoms with Crippen LogP contribution in [0.3, 0.4) is 0 Å². The first-order valence-electron chi connectivity index (χ1n) is 6.87. The predicted molar refractivity (Wildman–Crippen MR) is 71.5 cm³/mol. The first-order chi connectivity index (χ1) is 10.5. The van der Waals surface area contributed by atoms with Gasteiger partial charge in [-0.25, -0.2) is 0 Å². The number of amides is 1. The first-order valence-corrected chi connectivity index (χ1v) is 6.87. The minimum absolute atomic E-state index is 0. The standard InChI is InChI=1S/C13H15N5O4.Na/c1-17-4-5-18-9(15-16-10(18)12(17)20)2-3-14-11(19)7-6-8(7)13(21)22;/h4-5,7-8H,2-3,6H2,1H3,(H,14,19)(H,21,22);/q;+1/p-1/t7-,8+;/m1./s1. The van der Waals surface area contributed by atoms with Gasteiger partial charge in [-0.05, 0) is 6.42 Å². The molecule has 23 heavy (non-hydrogen) atoms. The van der Waals surface area contributed by atoms with Crippen LogP contribution < -0.4 is 45.5 Å². The van der Waals surface area contributed by atoms with Crippen LogP contribution in [0.25, 0.3) is 5.65 Å². The number of hydrogen-bond donors (Lipinski definition) is 1. The maximum atomic E-state index is 11.8. The van der Waals surface area contributed by atoms with Gasteiger partial charge in [0.1, 0.15) is 5.82 Å². The van der Waals surface area contributed by atoms with Crippen molar-refractivity contribution in [2.24, 2.45) is 18.9 Å². The third kappa shape index (κ3) is 3.46. The van der Waals surface area contributed by atoms with E-state index < -0.39 is 17.8 Å². The smallest absolute Gasteiger partial charge is 0.550 e. The number of hydrogen-bond acceptors (Lipinski definition) is 6. The molecule has 0 saturated heterocycles. The SMILES string of the molecule is Cn1ccn2c(CCNC(=O)[C@@H]3C[C@@H]3C(=O)[O-])nnc2c1=O.[Na+]. The number of nitrogens with one attached hydrogen (secondary N) is 1. The summed E-state index contributed by atoms with van der Waals surface area (Å²) in [6.07, 6.45) is 4.01. The fraction of sp³-hybridized carbons (Fsp3) is 0.462. The van der Waals surface area contributed by atoms with Gasteiger partial charge in [0, 0.05) is 50.2 Å². The summed E-state index contributed by atoms with van der Waals surface area (Å²) in [5, 5.41) is 21.0. The zero-order valence-corrected chi connectivity index (χ0v) is 14.9. The Morgan fingerprint density at radius 3 is 2.74 bits per heavy atom. The number of carboxylic acid groups (broad SMARTS) is 1. The summed E-state index contributed by atoms with van der Waals surface area (Å²) in [4.78, 5) is 34.1. The van der Waals surface area contributed by atoms with Gasteiger partial charge in [-0.3, -0.25) is 14.0 Å². The Kier molecular flexibility index (Phi) is 5.23. The number of aliphatic carboxylic acids is 1. The maximum absolute atomic E-state index is 11.8. The summed E-state index contributed by atoms with van der Waals surface area (Å²) in [5.41, 5.74) is -0.0226. The number of carboxylic acids is 1. The molecule has 0 unspecified atom stereocenters. The van der Waals surface area contributed by atoms with E-state index in [1.54, 1.807) is 23.8 Å². The second kappa shape index (κ2) is 6.81. The van der Waals surface area contributed by atoms with Gasteiger partial charge in [-0.15, -0.1) is 10.2 Å². The molecule has 1 aliphatic rings. The normalized spacial score (nSPS) is 19.2. The Morgan fingerprint density at radius 2 is 2.09 bits per heavy atom. The summed E-state index contributed by atoms with van der Waals surface area (Å²) in [6.45, 7) is 0.297. The van der Waals surface area contributed by atoms with Crippen molar-refractivity contribution in [3.05, 3.63) is 28.6 Å². The molecule has 1 N–H and O–H groups in total. The van der Waals surface area contributed by atoms with Gasteiger partial charge in [-0.2, -0.15) is 0 Å². The van der Waals surface area contributed by atoms with Crippen molar-refractivity contribution in [2.45, 2.75) is 12.8 Å². The van der Waals surface area contributed by atoms with Crippen molar-refractivity contribution in [3.8, 4) is 0 Å². The van der Waals surface area contributed by atoms with Crippen LogP contribution in [0.15, 0.2) is 17.2 Å². The number of nitrogens with zero attached hydrogens (tertiary/aromatic N) is 4. The third-order valence-corrected chi connectivity index (χ3v) is 3.80. The molecule has 2 heterocycles. The van der Waals surface area contributed by atoms with Crippen molar-refractivity contribution >= 4 is 17.5 Å². The van der Waals surface area contributed by atoms with Crippen molar-refractivity contribution in [1.82, 2.24) is 24.5 Å². The Labute approximate surface area is 153 Å². The minimum Gasteiger partial charge on any atom is -0.550 e. The molecule has 2 aromatic rings. The summed E-state index contributed by atoms with van der Waals surface area (Å²) < 4.78 is 2.98. The van der Waals surface area contributed by atoms with Crippen LogP contribution in [0.1, 0.15) is 12.2 Å². The van der Waals surface area contributed by atoms with Crippen LogP contribution in [0, 0.1) is 11.8 Å². The number of rotatable bonds is 5. The van der Waals surface area contributed by atoms with E-state index in [1.807, 2.05) is 0 Å². The van der Waals surface area contributed by atoms with Crippen LogP contribution in [-0.4, -0.2) is 37.6 Å². The van der Waals surface area contributed by atoms with E-state index in [0.29, 0.717) is 25.2 Å². The minimum atomic E-state index is -1.18. The zero-order chi connectivity index (χ0) is 15.9. The van der Waals surface area contributed by atoms with Gasteiger partial charge in [0.05, 0.1) is 0 Å².